The first-order chi connectivity index (χ1) is 14.7. The Morgan fingerprint density at radius 3 is 2.35 bits per heavy atom. The number of halogens is 3. The first-order valence-electron chi connectivity index (χ1n) is 9.67. The van der Waals surface area contributed by atoms with Crippen LogP contribution in [-0.4, -0.2) is 21.6 Å². The number of rotatable bonds is 5. The number of hydrogen-bond acceptors (Lipinski definition) is 3. The third kappa shape index (κ3) is 4.45. The van der Waals surface area contributed by atoms with Gasteiger partial charge in [-0.25, -0.2) is 4.68 Å². The fourth-order valence-corrected chi connectivity index (χ4v) is 3.23. The number of amides is 2. The van der Waals surface area contributed by atoms with Crippen molar-refractivity contribution >= 4 is 23.2 Å². The first kappa shape index (κ1) is 20.6. The molecule has 1 aromatic heterocycles. The van der Waals surface area contributed by atoms with E-state index in [4.69, 9.17) is 0 Å². The Hall–Kier alpha value is -3.62. The highest BCUT2D eigenvalue weighted by molar-refractivity contribution is 6.05. The number of benzene rings is 2. The topological polar surface area (TPSA) is 76.0 Å². The molecule has 0 atom stereocenters. The minimum atomic E-state index is -4.80. The van der Waals surface area contributed by atoms with E-state index in [2.05, 4.69) is 15.7 Å². The van der Waals surface area contributed by atoms with Gasteiger partial charge in [-0.05, 0) is 49.6 Å². The Kier molecular flexibility index (Phi) is 5.26. The molecule has 1 saturated carbocycles. The molecular weight excluding hydrogens is 409 g/mol. The maximum atomic E-state index is 13.9. The third-order valence-corrected chi connectivity index (χ3v) is 4.96. The van der Waals surface area contributed by atoms with Crippen LogP contribution in [0.25, 0.3) is 5.69 Å². The number of nitrogens with zero attached hydrogens (tertiary/aromatic N) is 2. The standard InChI is InChI=1S/C22H19F3N4O2/c1-13-5-2-3-8-18(13)29-19(22(23,24)25)17(12-26-29)21(31)28-16-7-4-6-15(11-16)27-20(30)14-9-10-14/h2-8,11-12,14H,9-10H2,1H3,(H,27,30)(H,28,31). The summed E-state index contributed by atoms with van der Waals surface area (Å²) in [5.74, 6) is -1.06. The van der Waals surface area contributed by atoms with Crippen LogP contribution in [0.5, 0.6) is 0 Å². The largest absolute Gasteiger partial charge is 0.434 e. The number of alkyl halides is 3. The fraction of sp³-hybridized carbons (Fsp3) is 0.227. The predicted octanol–water partition coefficient (Wildman–Crippen LogP) is 4.80. The van der Waals surface area contributed by atoms with Crippen LogP contribution in [-0.2, 0) is 11.0 Å². The van der Waals surface area contributed by atoms with Crippen LogP contribution in [0.1, 0.15) is 34.5 Å². The number of nitrogens with one attached hydrogen (secondary N) is 2. The molecule has 1 aliphatic carbocycles. The summed E-state index contributed by atoms with van der Waals surface area (Å²) >= 11 is 0. The van der Waals surface area contributed by atoms with Gasteiger partial charge < -0.3 is 10.6 Å². The molecule has 2 aromatic carbocycles. The van der Waals surface area contributed by atoms with Crippen LogP contribution in [0.15, 0.2) is 54.7 Å². The molecule has 31 heavy (non-hydrogen) atoms. The van der Waals surface area contributed by atoms with Crippen molar-refractivity contribution in [2.24, 2.45) is 5.92 Å². The van der Waals surface area contributed by atoms with Crippen LogP contribution in [0.2, 0.25) is 0 Å². The van der Waals surface area contributed by atoms with Crippen molar-refractivity contribution in [2.75, 3.05) is 10.6 Å². The fourth-order valence-electron chi connectivity index (χ4n) is 3.23. The van der Waals surface area contributed by atoms with Gasteiger partial charge >= 0.3 is 6.18 Å². The van der Waals surface area contributed by atoms with Gasteiger partial charge in [0.2, 0.25) is 5.91 Å². The summed E-state index contributed by atoms with van der Waals surface area (Å²) in [6, 6.07) is 12.8. The van der Waals surface area contributed by atoms with E-state index in [0.717, 1.165) is 23.7 Å². The SMILES string of the molecule is Cc1ccccc1-n1ncc(C(=O)Nc2cccc(NC(=O)C3CC3)c2)c1C(F)(F)F. The van der Waals surface area contributed by atoms with E-state index in [0.29, 0.717) is 11.3 Å². The lowest BCUT2D eigenvalue weighted by molar-refractivity contribution is -0.143. The zero-order valence-electron chi connectivity index (χ0n) is 16.5. The van der Waals surface area contributed by atoms with Crippen molar-refractivity contribution in [1.29, 1.82) is 0 Å². The lowest BCUT2D eigenvalue weighted by atomic mass is 10.1. The average molecular weight is 428 g/mol. The van der Waals surface area contributed by atoms with Gasteiger partial charge in [-0.2, -0.15) is 18.3 Å². The molecule has 4 rings (SSSR count). The van der Waals surface area contributed by atoms with Gasteiger partial charge in [0.1, 0.15) is 0 Å². The number of anilines is 2. The maximum absolute atomic E-state index is 13.9. The smallest absolute Gasteiger partial charge is 0.326 e. The van der Waals surface area contributed by atoms with Gasteiger partial charge in [-0.3, -0.25) is 9.59 Å². The van der Waals surface area contributed by atoms with Gasteiger partial charge in [0, 0.05) is 17.3 Å². The zero-order chi connectivity index (χ0) is 22.2. The minimum Gasteiger partial charge on any atom is -0.326 e. The summed E-state index contributed by atoms with van der Waals surface area (Å²) in [5, 5.41) is 9.04. The van der Waals surface area contributed by atoms with Crippen LogP contribution >= 0.6 is 0 Å². The molecule has 0 aliphatic heterocycles. The Morgan fingerprint density at radius 1 is 1.03 bits per heavy atom. The van der Waals surface area contributed by atoms with Crippen LogP contribution in [0, 0.1) is 12.8 Å². The molecule has 0 bridgehead atoms. The number of carbonyl (C=O) groups is 2. The number of aryl methyl sites for hydroxylation is 1. The van der Waals surface area contributed by atoms with Crippen molar-refractivity contribution in [3.63, 3.8) is 0 Å². The number of carbonyl (C=O) groups excluding carboxylic acids is 2. The summed E-state index contributed by atoms with van der Waals surface area (Å²) < 4.78 is 42.3. The molecule has 6 nitrogen and oxygen atoms in total. The van der Waals surface area contributed by atoms with E-state index in [-0.39, 0.29) is 23.2 Å². The molecule has 160 valence electrons. The Balaban J connectivity index is 1.62. The maximum Gasteiger partial charge on any atom is 0.434 e. The van der Waals surface area contributed by atoms with Crippen molar-refractivity contribution in [3.8, 4) is 5.69 Å². The summed E-state index contributed by atoms with van der Waals surface area (Å²) in [6.45, 7) is 1.67. The van der Waals surface area contributed by atoms with Crippen molar-refractivity contribution in [1.82, 2.24) is 9.78 Å². The van der Waals surface area contributed by atoms with E-state index in [1.165, 1.54) is 18.2 Å². The Morgan fingerprint density at radius 2 is 1.71 bits per heavy atom. The number of para-hydroxylation sites is 1. The molecule has 0 radical (unpaired) electrons. The summed E-state index contributed by atoms with van der Waals surface area (Å²) in [7, 11) is 0. The van der Waals surface area contributed by atoms with E-state index in [1.807, 2.05) is 0 Å². The minimum absolute atomic E-state index is 0.000117. The average Bonchev–Trinajstić information content (AvgIpc) is 3.46. The monoisotopic (exact) mass is 428 g/mol. The summed E-state index contributed by atoms with van der Waals surface area (Å²) in [5.41, 5.74) is -0.210. The predicted molar refractivity (Wildman–Crippen MR) is 109 cm³/mol. The highest BCUT2D eigenvalue weighted by Gasteiger charge is 2.40. The Bertz CT molecular complexity index is 1150. The molecule has 0 saturated heterocycles. The van der Waals surface area contributed by atoms with Gasteiger partial charge in [-0.1, -0.05) is 24.3 Å². The Labute approximate surface area is 176 Å². The highest BCUT2D eigenvalue weighted by atomic mass is 19.4. The van der Waals surface area contributed by atoms with Gasteiger partial charge in [0.05, 0.1) is 17.4 Å². The first-order valence-corrected chi connectivity index (χ1v) is 9.67. The molecule has 1 heterocycles. The second kappa shape index (κ2) is 7.90. The van der Waals surface area contributed by atoms with Gasteiger partial charge in [0.15, 0.2) is 5.69 Å². The van der Waals surface area contributed by atoms with Crippen LogP contribution in [0.3, 0.4) is 0 Å². The summed E-state index contributed by atoms with van der Waals surface area (Å²) in [4.78, 5) is 24.6. The normalized spacial score (nSPS) is 13.7. The molecule has 9 heteroatoms. The van der Waals surface area contributed by atoms with Crippen molar-refractivity contribution < 1.29 is 22.8 Å². The van der Waals surface area contributed by atoms with E-state index in [9.17, 15) is 22.8 Å². The molecule has 0 unspecified atom stereocenters. The van der Waals surface area contributed by atoms with Gasteiger partial charge in [-0.15, -0.1) is 0 Å². The van der Waals surface area contributed by atoms with E-state index in [1.54, 1.807) is 37.3 Å². The van der Waals surface area contributed by atoms with Crippen LogP contribution in [0.4, 0.5) is 24.5 Å². The van der Waals surface area contributed by atoms with Gasteiger partial charge in [0.25, 0.3) is 5.91 Å². The molecule has 2 amide bonds. The summed E-state index contributed by atoms with van der Waals surface area (Å²) in [6.07, 6.45) is -2.21. The second-order valence-electron chi connectivity index (χ2n) is 7.40. The molecule has 1 aliphatic rings. The third-order valence-electron chi connectivity index (χ3n) is 4.96. The number of hydrogen-bond donors (Lipinski definition) is 2. The highest BCUT2D eigenvalue weighted by Crippen LogP contribution is 2.35. The van der Waals surface area contributed by atoms with E-state index < -0.39 is 23.3 Å². The number of aromatic nitrogens is 2. The molecule has 2 N–H and O–H groups in total. The second-order valence-corrected chi connectivity index (χ2v) is 7.40. The van der Waals surface area contributed by atoms with Crippen molar-refractivity contribution in [2.45, 2.75) is 25.9 Å². The molecular formula is C22H19F3N4O2. The molecule has 3 aromatic rings. The molecule has 1 fully saturated rings. The quantitative estimate of drug-likeness (QED) is 0.613. The zero-order valence-corrected chi connectivity index (χ0v) is 16.5. The van der Waals surface area contributed by atoms with Crippen LogP contribution < -0.4 is 10.6 Å². The molecule has 0 spiro atoms. The van der Waals surface area contributed by atoms with Crippen molar-refractivity contribution in [3.05, 3.63) is 71.5 Å². The lowest BCUT2D eigenvalue weighted by Gasteiger charge is -2.14. The lowest BCUT2D eigenvalue weighted by Crippen LogP contribution is -2.21. The van der Waals surface area contributed by atoms with E-state index >= 15 is 0 Å².